The molecule has 6 heteroatoms. The van der Waals surface area contributed by atoms with Crippen LogP contribution >= 0.6 is 0 Å². The van der Waals surface area contributed by atoms with E-state index < -0.39 is 0 Å². The number of carbonyl (C=O) groups is 2. The van der Waals surface area contributed by atoms with Crippen molar-refractivity contribution >= 4 is 17.5 Å². The summed E-state index contributed by atoms with van der Waals surface area (Å²) in [5.41, 5.74) is 1.14. The maximum atomic E-state index is 12.4. The molecule has 24 heavy (non-hydrogen) atoms. The molecule has 1 fully saturated rings. The molecule has 1 atom stereocenters. The number of piperazine rings is 1. The van der Waals surface area contributed by atoms with Crippen LogP contribution in [-0.4, -0.2) is 53.8 Å². The summed E-state index contributed by atoms with van der Waals surface area (Å²) in [6.07, 6.45) is 0. The second-order valence-corrected chi connectivity index (χ2v) is 6.37. The number of hydrogen-bond donors (Lipinski definition) is 1. The quantitative estimate of drug-likeness (QED) is 0.912. The highest BCUT2D eigenvalue weighted by atomic mass is 16.2. The fourth-order valence-corrected chi connectivity index (χ4v) is 2.77. The van der Waals surface area contributed by atoms with Gasteiger partial charge in [-0.3, -0.25) is 14.5 Å². The largest absolute Gasteiger partial charge is 0.340 e. The van der Waals surface area contributed by atoms with E-state index in [-0.39, 0.29) is 23.8 Å². The molecule has 6 nitrogen and oxygen atoms in total. The molecular formula is C18H24N4O2. The Balaban J connectivity index is 1.90. The first-order valence-electron chi connectivity index (χ1n) is 8.26. The van der Waals surface area contributed by atoms with Gasteiger partial charge in [0.2, 0.25) is 11.8 Å². The number of hydrogen-bond acceptors (Lipinski definition) is 4. The first-order chi connectivity index (χ1) is 11.4. The normalized spacial score (nSPS) is 16.5. The molecule has 0 bridgehead atoms. The Morgan fingerprint density at radius 2 is 1.83 bits per heavy atom. The zero-order valence-electron chi connectivity index (χ0n) is 14.5. The van der Waals surface area contributed by atoms with Crippen molar-refractivity contribution in [3.63, 3.8) is 0 Å². The first kappa shape index (κ1) is 18.0. The highest BCUT2D eigenvalue weighted by Crippen LogP contribution is 2.13. The van der Waals surface area contributed by atoms with E-state index in [0.717, 1.165) is 0 Å². The van der Waals surface area contributed by atoms with Crippen molar-refractivity contribution in [2.24, 2.45) is 5.92 Å². The van der Waals surface area contributed by atoms with Crippen LogP contribution < -0.4 is 5.32 Å². The molecule has 0 radical (unpaired) electrons. The predicted octanol–water partition coefficient (Wildman–Crippen LogP) is 1.69. The molecule has 1 heterocycles. The van der Waals surface area contributed by atoms with Gasteiger partial charge in [0.05, 0.1) is 17.7 Å². The summed E-state index contributed by atoms with van der Waals surface area (Å²) in [7, 11) is 0. The maximum absolute atomic E-state index is 12.4. The molecule has 0 saturated carbocycles. The van der Waals surface area contributed by atoms with Gasteiger partial charge < -0.3 is 10.2 Å². The summed E-state index contributed by atoms with van der Waals surface area (Å²) in [5, 5.41) is 11.8. The Hall–Kier alpha value is -2.39. The molecule has 1 aliphatic heterocycles. The average Bonchev–Trinajstić information content (AvgIpc) is 2.60. The molecule has 128 valence electrons. The lowest BCUT2D eigenvalue weighted by Gasteiger charge is -2.38. The summed E-state index contributed by atoms with van der Waals surface area (Å²) in [6, 6.07) is 8.64. The number of nitrogens with zero attached hydrogens (tertiary/aromatic N) is 3. The predicted molar refractivity (Wildman–Crippen MR) is 92.2 cm³/mol. The third-order valence-electron chi connectivity index (χ3n) is 4.31. The average molecular weight is 328 g/mol. The van der Waals surface area contributed by atoms with Crippen molar-refractivity contribution in [3.8, 4) is 6.07 Å². The highest BCUT2D eigenvalue weighted by Gasteiger charge is 2.28. The Morgan fingerprint density at radius 1 is 1.17 bits per heavy atom. The molecule has 0 unspecified atom stereocenters. The van der Waals surface area contributed by atoms with Gasteiger partial charge >= 0.3 is 0 Å². The minimum atomic E-state index is -0.285. The van der Waals surface area contributed by atoms with Gasteiger partial charge in [-0.2, -0.15) is 5.26 Å². The Morgan fingerprint density at radius 3 is 2.42 bits per heavy atom. The number of nitriles is 1. The van der Waals surface area contributed by atoms with E-state index in [9.17, 15) is 9.59 Å². The molecular weight excluding hydrogens is 304 g/mol. The van der Waals surface area contributed by atoms with Crippen molar-refractivity contribution in [3.05, 3.63) is 29.8 Å². The van der Waals surface area contributed by atoms with Gasteiger partial charge in [0.15, 0.2) is 0 Å². The smallest absolute Gasteiger partial charge is 0.241 e. The third-order valence-corrected chi connectivity index (χ3v) is 4.31. The fourth-order valence-electron chi connectivity index (χ4n) is 2.77. The van der Waals surface area contributed by atoms with E-state index in [1.807, 2.05) is 25.7 Å². The Labute approximate surface area is 143 Å². The second kappa shape index (κ2) is 7.93. The molecule has 1 aromatic carbocycles. The summed E-state index contributed by atoms with van der Waals surface area (Å²) >= 11 is 0. The number of amides is 2. The van der Waals surface area contributed by atoms with Gasteiger partial charge in [-0.1, -0.05) is 19.9 Å². The molecule has 1 aromatic rings. The van der Waals surface area contributed by atoms with Gasteiger partial charge in [0, 0.05) is 37.8 Å². The third kappa shape index (κ3) is 4.33. The van der Waals surface area contributed by atoms with Gasteiger partial charge in [-0.25, -0.2) is 0 Å². The van der Waals surface area contributed by atoms with Crippen LogP contribution in [0.1, 0.15) is 26.3 Å². The monoisotopic (exact) mass is 328 g/mol. The minimum absolute atomic E-state index is 0.00434. The van der Waals surface area contributed by atoms with Gasteiger partial charge in [0.1, 0.15) is 0 Å². The van der Waals surface area contributed by atoms with Gasteiger partial charge in [0.25, 0.3) is 0 Å². The molecule has 1 N–H and O–H groups in total. The van der Waals surface area contributed by atoms with E-state index in [1.165, 1.54) is 0 Å². The Bertz CT molecular complexity index is 643. The fraction of sp³-hybridized carbons (Fsp3) is 0.500. The maximum Gasteiger partial charge on any atom is 0.241 e. The van der Waals surface area contributed by atoms with Crippen LogP contribution in [0.3, 0.4) is 0 Å². The SMILES string of the molecule is CC(C)C(=O)N1CCN([C@H](C)C(=O)Nc2cccc(C#N)c2)CC1. The molecule has 1 aliphatic rings. The van der Waals surface area contributed by atoms with E-state index in [1.54, 1.807) is 24.3 Å². The number of nitrogens with one attached hydrogen (secondary N) is 1. The lowest BCUT2D eigenvalue weighted by Crippen LogP contribution is -2.54. The van der Waals surface area contributed by atoms with Crippen molar-refractivity contribution in [1.82, 2.24) is 9.80 Å². The highest BCUT2D eigenvalue weighted by molar-refractivity contribution is 5.94. The van der Waals surface area contributed by atoms with E-state index in [0.29, 0.717) is 37.4 Å². The van der Waals surface area contributed by atoms with Gasteiger partial charge in [-0.15, -0.1) is 0 Å². The van der Waals surface area contributed by atoms with Crippen LogP contribution in [0.5, 0.6) is 0 Å². The lowest BCUT2D eigenvalue weighted by atomic mass is 10.1. The van der Waals surface area contributed by atoms with Crippen molar-refractivity contribution in [2.45, 2.75) is 26.8 Å². The molecule has 2 amide bonds. The molecule has 0 aromatic heterocycles. The number of carbonyl (C=O) groups excluding carboxylic acids is 2. The molecule has 1 saturated heterocycles. The number of benzene rings is 1. The second-order valence-electron chi connectivity index (χ2n) is 6.37. The van der Waals surface area contributed by atoms with Crippen LogP contribution in [0.15, 0.2) is 24.3 Å². The van der Waals surface area contributed by atoms with Crippen LogP contribution in [0.25, 0.3) is 0 Å². The number of rotatable bonds is 4. The van der Waals surface area contributed by atoms with Crippen LogP contribution in [0.4, 0.5) is 5.69 Å². The van der Waals surface area contributed by atoms with Crippen LogP contribution in [-0.2, 0) is 9.59 Å². The molecule has 2 rings (SSSR count). The zero-order valence-corrected chi connectivity index (χ0v) is 14.5. The van der Waals surface area contributed by atoms with Gasteiger partial charge in [-0.05, 0) is 25.1 Å². The van der Waals surface area contributed by atoms with Crippen LogP contribution in [0.2, 0.25) is 0 Å². The van der Waals surface area contributed by atoms with E-state index >= 15 is 0 Å². The summed E-state index contributed by atoms with van der Waals surface area (Å²) < 4.78 is 0. The zero-order chi connectivity index (χ0) is 17.7. The minimum Gasteiger partial charge on any atom is -0.340 e. The molecule has 0 spiro atoms. The first-order valence-corrected chi connectivity index (χ1v) is 8.26. The standard InChI is InChI=1S/C18H24N4O2/c1-13(2)18(24)22-9-7-21(8-10-22)14(3)17(23)20-16-6-4-5-15(11-16)12-19/h4-6,11,13-14H,7-10H2,1-3H3,(H,20,23)/t14-/m1/s1. The van der Waals surface area contributed by atoms with Crippen molar-refractivity contribution in [1.29, 1.82) is 5.26 Å². The summed E-state index contributed by atoms with van der Waals surface area (Å²) in [5.74, 6) is 0.0680. The number of anilines is 1. The van der Waals surface area contributed by atoms with Crippen molar-refractivity contribution in [2.75, 3.05) is 31.5 Å². The Kier molecular flexibility index (Phi) is 5.93. The summed E-state index contributed by atoms with van der Waals surface area (Å²) in [4.78, 5) is 28.4. The van der Waals surface area contributed by atoms with Crippen molar-refractivity contribution < 1.29 is 9.59 Å². The van der Waals surface area contributed by atoms with E-state index in [2.05, 4.69) is 16.3 Å². The topological polar surface area (TPSA) is 76.4 Å². The molecule has 0 aliphatic carbocycles. The summed E-state index contributed by atoms with van der Waals surface area (Å²) in [6.45, 7) is 8.34. The van der Waals surface area contributed by atoms with E-state index in [4.69, 9.17) is 5.26 Å². The van der Waals surface area contributed by atoms with Crippen LogP contribution in [0, 0.1) is 17.2 Å². The lowest BCUT2D eigenvalue weighted by molar-refractivity contribution is -0.136.